The molecule has 12 heteroatoms. The van der Waals surface area contributed by atoms with Crippen LogP contribution in [-0.4, -0.2) is 58.7 Å². The molecule has 2 aromatic heterocycles. The second-order valence-corrected chi connectivity index (χ2v) is 8.37. The van der Waals surface area contributed by atoms with E-state index in [-0.39, 0.29) is 28.8 Å². The van der Waals surface area contributed by atoms with Crippen LogP contribution in [-0.2, 0) is 0 Å². The number of carbonyl (C=O) groups is 1. The van der Waals surface area contributed by atoms with Crippen molar-refractivity contribution >= 4 is 34.7 Å². The van der Waals surface area contributed by atoms with Gasteiger partial charge in [-0.25, -0.2) is 14.4 Å². The van der Waals surface area contributed by atoms with Crippen molar-refractivity contribution in [1.29, 1.82) is 0 Å². The summed E-state index contributed by atoms with van der Waals surface area (Å²) in [4.78, 5) is 21.1. The number of aliphatic hydroxyl groups is 1. The van der Waals surface area contributed by atoms with Gasteiger partial charge in [0.25, 0.3) is 5.91 Å². The average molecular weight is 531 g/mol. The van der Waals surface area contributed by atoms with Crippen molar-refractivity contribution in [2.24, 2.45) is 0 Å². The molecule has 0 saturated heterocycles. The Morgan fingerprint density at radius 1 is 1.14 bits per heavy atom. The lowest BCUT2D eigenvalue weighted by atomic mass is 10.1. The number of carbonyl (C=O) groups excluding carboxylic acids is 1. The Labute approximate surface area is 216 Å². The Balaban J connectivity index is 1.50. The van der Waals surface area contributed by atoms with Crippen molar-refractivity contribution < 1.29 is 23.4 Å². The number of methoxy groups -OCH3 is 1. The molecule has 0 bridgehead atoms. The lowest BCUT2D eigenvalue weighted by molar-refractivity contribution is 0.0953. The van der Waals surface area contributed by atoms with E-state index in [0.29, 0.717) is 54.5 Å². The first-order valence-corrected chi connectivity index (χ1v) is 11.8. The molecule has 0 atom stereocenters. The van der Waals surface area contributed by atoms with Crippen molar-refractivity contribution in [2.75, 3.05) is 38.7 Å². The number of nitrogens with one attached hydrogen (secondary N) is 3. The lowest BCUT2D eigenvalue weighted by Crippen LogP contribution is -2.28. The van der Waals surface area contributed by atoms with Crippen LogP contribution in [0.4, 0.5) is 20.3 Å². The van der Waals surface area contributed by atoms with Gasteiger partial charge in [-0.2, -0.15) is 4.39 Å². The molecule has 4 aromatic rings. The minimum absolute atomic E-state index is 0.0190. The van der Waals surface area contributed by atoms with E-state index in [4.69, 9.17) is 21.4 Å². The third-order valence-corrected chi connectivity index (χ3v) is 5.86. The van der Waals surface area contributed by atoms with Crippen LogP contribution in [0.2, 0.25) is 5.02 Å². The summed E-state index contributed by atoms with van der Waals surface area (Å²) >= 11 is 6.36. The van der Waals surface area contributed by atoms with E-state index in [0.717, 1.165) is 0 Å². The SMILES string of the molecule is COc1ccc(-c2cnc3c(Nc4ccc(C(=O)NCCCNCCO)c(Cl)c4)nccn23)c(F)c1F. The van der Waals surface area contributed by atoms with Crippen LogP contribution >= 0.6 is 11.6 Å². The average Bonchev–Trinajstić information content (AvgIpc) is 3.32. The highest BCUT2D eigenvalue weighted by Crippen LogP contribution is 2.32. The van der Waals surface area contributed by atoms with Gasteiger partial charge in [-0.3, -0.25) is 9.20 Å². The highest BCUT2D eigenvalue weighted by Gasteiger charge is 2.19. The van der Waals surface area contributed by atoms with Gasteiger partial charge >= 0.3 is 0 Å². The Bertz CT molecular complexity index is 1410. The zero-order valence-electron chi connectivity index (χ0n) is 19.9. The van der Waals surface area contributed by atoms with Gasteiger partial charge < -0.3 is 25.8 Å². The maximum absolute atomic E-state index is 14.7. The molecule has 0 aliphatic heterocycles. The van der Waals surface area contributed by atoms with Crippen molar-refractivity contribution in [2.45, 2.75) is 6.42 Å². The summed E-state index contributed by atoms with van der Waals surface area (Å²) in [6.45, 7) is 1.70. The lowest BCUT2D eigenvalue weighted by Gasteiger charge is -2.11. The molecule has 0 unspecified atom stereocenters. The first-order valence-electron chi connectivity index (χ1n) is 11.5. The number of imidazole rings is 1. The molecule has 1 amide bonds. The second-order valence-electron chi connectivity index (χ2n) is 7.96. The van der Waals surface area contributed by atoms with Crippen molar-refractivity contribution in [3.63, 3.8) is 0 Å². The fourth-order valence-corrected chi connectivity index (χ4v) is 3.99. The summed E-state index contributed by atoms with van der Waals surface area (Å²) in [6, 6.07) is 7.63. The molecule has 0 fully saturated rings. The highest BCUT2D eigenvalue weighted by atomic mass is 35.5. The number of anilines is 2. The summed E-state index contributed by atoms with van der Waals surface area (Å²) in [6.07, 6.45) is 5.21. The van der Waals surface area contributed by atoms with E-state index in [2.05, 4.69) is 25.9 Å². The number of fused-ring (bicyclic) bond motifs is 1. The molecule has 0 spiro atoms. The molecule has 0 saturated carbocycles. The van der Waals surface area contributed by atoms with Gasteiger partial charge in [0.1, 0.15) is 0 Å². The van der Waals surface area contributed by atoms with Crippen molar-refractivity contribution in [3.8, 4) is 17.0 Å². The van der Waals surface area contributed by atoms with Crippen LogP contribution in [0.15, 0.2) is 48.9 Å². The van der Waals surface area contributed by atoms with Crippen LogP contribution in [0.25, 0.3) is 16.9 Å². The maximum Gasteiger partial charge on any atom is 0.252 e. The van der Waals surface area contributed by atoms with Crippen LogP contribution in [0.1, 0.15) is 16.8 Å². The Kier molecular flexibility index (Phi) is 8.49. The largest absolute Gasteiger partial charge is 0.494 e. The van der Waals surface area contributed by atoms with E-state index in [1.807, 2.05) is 0 Å². The zero-order chi connectivity index (χ0) is 26.4. The normalized spacial score (nSPS) is 11.1. The number of ether oxygens (including phenoxy) is 1. The molecule has 37 heavy (non-hydrogen) atoms. The van der Waals surface area contributed by atoms with Gasteiger partial charge in [0.2, 0.25) is 5.82 Å². The van der Waals surface area contributed by atoms with Crippen LogP contribution in [0.5, 0.6) is 5.75 Å². The number of rotatable bonds is 11. The van der Waals surface area contributed by atoms with E-state index in [1.165, 1.54) is 31.6 Å². The number of benzene rings is 2. The van der Waals surface area contributed by atoms with Gasteiger partial charge in [-0.1, -0.05) is 11.6 Å². The van der Waals surface area contributed by atoms with Crippen molar-refractivity contribution in [1.82, 2.24) is 25.0 Å². The quantitative estimate of drug-likeness (QED) is 0.218. The van der Waals surface area contributed by atoms with E-state index >= 15 is 0 Å². The van der Waals surface area contributed by atoms with Gasteiger partial charge in [0.15, 0.2) is 23.0 Å². The second kappa shape index (κ2) is 12.0. The molecule has 4 rings (SSSR count). The maximum atomic E-state index is 14.7. The predicted molar refractivity (Wildman–Crippen MR) is 137 cm³/mol. The van der Waals surface area contributed by atoms with Crippen molar-refractivity contribution in [3.05, 3.63) is 71.1 Å². The Morgan fingerprint density at radius 3 is 2.73 bits per heavy atom. The van der Waals surface area contributed by atoms with Crippen LogP contribution in [0.3, 0.4) is 0 Å². The number of nitrogens with zero attached hydrogens (tertiary/aromatic N) is 3. The predicted octanol–water partition coefficient (Wildman–Crippen LogP) is 3.78. The molecular weight excluding hydrogens is 506 g/mol. The summed E-state index contributed by atoms with van der Waals surface area (Å²) in [5.41, 5.74) is 1.60. The first kappa shape index (κ1) is 26.3. The molecule has 0 aliphatic rings. The topological polar surface area (TPSA) is 113 Å². The van der Waals surface area contributed by atoms with Gasteiger partial charge in [-0.15, -0.1) is 0 Å². The number of hydrogen-bond donors (Lipinski definition) is 4. The molecule has 2 aromatic carbocycles. The zero-order valence-corrected chi connectivity index (χ0v) is 20.6. The molecular formula is C25H25ClF2N6O3. The summed E-state index contributed by atoms with van der Waals surface area (Å²) in [5, 5.41) is 17.9. The summed E-state index contributed by atoms with van der Waals surface area (Å²) < 4.78 is 35.4. The van der Waals surface area contributed by atoms with Gasteiger partial charge in [0.05, 0.1) is 36.2 Å². The first-order chi connectivity index (χ1) is 17.9. The van der Waals surface area contributed by atoms with E-state index in [9.17, 15) is 13.6 Å². The number of hydrogen-bond acceptors (Lipinski definition) is 7. The third kappa shape index (κ3) is 5.79. The smallest absolute Gasteiger partial charge is 0.252 e. The number of aliphatic hydroxyl groups excluding tert-OH is 1. The van der Waals surface area contributed by atoms with Crippen LogP contribution < -0.4 is 20.7 Å². The van der Waals surface area contributed by atoms with E-state index in [1.54, 1.807) is 28.8 Å². The molecule has 194 valence electrons. The minimum atomic E-state index is -1.08. The van der Waals surface area contributed by atoms with Gasteiger partial charge in [0, 0.05) is 36.7 Å². The molecule has 2 heterocycles. The van der Waals surface area contributed by atoms with Gasteiger partial charge in [-0.05, 0) is 43.3 Å². The highest BCUT2D eigenvalue weighted by molar-refractivity contribution is 6.34. The van der Waals surface area contributed by atoms with E-state index < -0.39 is 11.6 Å². The summed E-state index contributed by atoms with van der Waals surface area (Å²) in [7, 11) is 1.26. The summed E-state index contributed by atoms with van der Waals surface area (Å²) in [5.74, 6) is -2.27. The Hall–Kier alpha value is -3.80. The van der Waals surface area contributed by atoms with Crippen LogP contribution in [0, 0.1) is 11.6 Å². The number of amides is 1. The molecule has 4 N–H and O–H groups in total. The molecule has 0 aliphatic carbocycles. The fraction of sp³-hybridized carbons (Fsp3) is 0.240. The number of aromatic nitrogens is 3. The minimum Gasteiger partial charge on any atom is -0.494 e. The number of halogens is 3. The third-order valence-electron chi connectivity index (χ3n) is 5.55. The standard InChI is InChI=1S/C25H25ClF2N6O3/c1-37-20-6-5-17(21(27)22(20)28)19-14-32-24-23(30-9-11-34(19)24)33-15-3-4-16(18(26)13-15)25(36)31-8-2-7-29-10-12-35/h3-6,9,11,13-14,29,35H,2,7-8,10,12H2,1H3,(H,30,33)(H,31,36). The molecule has 9 nitrogen and oxygen atoms in total. The molecule has 0 radical (unpaired) electrons. The fourth-order valence-electron chi connectivity index (χ4n) is 3.72. The monoisotopic (exact) mass is 530 g/mol. The Morgan fingerprint density at radius 2 is 1.97 bits per heavy atom.